The van der Waals surface area contributed by atoms with Crippen LogP contribution in [0.15, 0.2) is 22.7 Å². The number of halogens is 4. The summed E-state index contributed by atoms with van der Waals surface area (Å²) in [4.78, 5) is 4.20. The van der Waals surface area contributed by atoms with Crippen molar-refractivity contribution >= 4 is 26.8 Å². The molecule has 0 aliphatic heterocycles. The van der Waals surface area contributed by atoms with E-state index >= 15 is 0 Å². The van der Waals surface area contributed by atoms with Gasteiger partial charge in [0, 0.05) is 6.07 Å². The van der Waals surface area contributed by atoms with Gasteiger partial charge in [0.05, 0.1) is 27.0 Å². The van der Waals surface area contributed by atoms with Gasteiger partial charge in [-0.3, -0.25) is 5.73 Å². The van der Waals surface area contributed by atoms with Crippen LogP contribution in [0, 0.1) is 0 Å². The Morgan fingerprint density at radius 3 is 2.50 bits per heavy atom. The van der Waals surface area contributed by atoms with Gasteiger partial charge >= 0.3 is 6.18 Å². The number of fused-ring (bicyclic) bond motifs is 1. The molecular weight excluding hydrogens is 413 g/mol. The number of hydrogen-bond acceptors (Lipinski definition) is 4. The highest BCUT2D eigenvalue weighted by molar-refractivity contribution is 9.10. The summed E-state index contributed by atoms with van der Waals surface area (Å²) in [6, 6.07) is 3.99. The van der Waals surface area contributed by atoms with E-state index in [2.05, 4.69) is 20.9 Å². The van der Waals surface area contributed by atoms with E-state index in [1.54, 1.807) is 19.9 Å². The quantitative estimate of drug-likeness (QED) is 0.571. The number of nitrogens with zero attached hydrogens (tertiary/aromatic N) is 1. The number of unbranched alkanes of at least 4 members (excludes halogenated alkanes) is 1. The minimum Gasteiger partial charge on any atom is -0.475 e. The average molecular weight is 435 g/mol. The predicted molar refractivity (Wildman–Crippen MR) is 98.3 cm³/mol. The van der Waals surface area contributed by atoms with Crippen molar-refractivity contribution in [1.29, 1.82) is 0 Å². The molecule has 2 aromatic rings. The predicted octanol–water partition coefficient (Wildman–Crippen LogP) is 5.66. The fourth-order valence-corrected chi connectivity index (χ4v) is 2.93. The van der Waals surface area contributed by atoms with E-state index in [9.17, 15) is 13.2 Å². The first-order valence-corrected chi connectivity index (χ1v) is 9.22. The van der Waals surface area contributed by atoms with Crippen LogP contribution in [0.3, 0.4) is 0 Å². The van der Waals surface area contributed by atoms with Gasteiger partial charge in [-0.05, 0) is 54.8 Å². The van der Waals surface area contributed by atoms with Crippen LogP contribution in [0.2, 0.25) is 0 Å². The van der Waals surface area contributed by atoms with Gasteiger partial charge in [-0.1, -0.05) is 13.3 Å². The second kappa shape index (κ2) is 8.43. The van der Waals surface area contributed by atoms with E-state index in [0.717, 1.165) is 18.9 Å². The summed E-state index contributed by atoms with van der Waals surface area (Å²) in [5, 5.41) is -0.130. The van der Waals surface area contributed by atoms with Gasteiger partial charge in [-0.15, -0.1) is 0 Å². The van der Waals surface area contributed by atoms with Crippen LogP contribution >= 0.6 is 15.9 Å². The molecule has 2 rings (SSSR count). The van der Waals surface area contributed by atoms with Gasteiger partial charge in [0.15, 0.2) is 0 Å². The molecule has 8 heteroatoms. The number of aromatic nitrogens is 1. The van der Waals surface area contributed by atoms with E-state index in [0.29, 0.717) is 10.9 Å². The van der Waals surface area contributed by atoms with E-state index in [4.69, 9.17) is 15.2 Å². The summed E-state index contributed by atoms with van der Waals surface area (Å²) in [6.45, 7) is 5.45. The van der Waals surface area contributed by atoms with E-state index in [-0.39, 0.29) is 28.6 Å². The summed E-state index contributed by atoms with van der Waals surface area (Å²) in [6.07, 6.45) is -3.32. The summed E-state index contributed by atoms with van der Waals surface area (Å²) >= 11 is 3.27. The van der Waals surface area contributed by atoms with Gasteiger partial charge in [-0.2, -0.15) is 13.2 Å². The number of alkyl halides is 3. The number of nitrogens with two attached hydrogens (primary N) is 1. The molecule has 0 fully saturated rings. The highest BCUT2D eigenvalue weighted by Gasteiger charge is 2.36. The van der Waals surface area contributed by atoms with Gasteiger partial charge in [0.1, 0.15) is 12.0 Å². The minimum absolute atomic E-state index is 0.0435. The molecule has 1 aromatic carbocycles. The molecule has 0 saturated carbocycles. The molecule has 0 saturated heterocycles. The zero-order valence-corrected chi connectivity index (χ0v) is 16.4. The summed E-state index contributed by atoms with van der Waals surface area (Å²) in [5.74, 6) is -0.0367. The maximum absolute atomic E-state index is 13.7. The Bertz CT molecular complexity index is 766. The lowest BCUT2D eigenvalue weighted by Gasteiger charge is -2.20. The lowest BCUT2D eigenvalue weighted by Crippen LogP contribution is -2.27. The Balaban J connectivity index is 2.62. The van der Waals surface area contributed by atoms with Crippen molar-refractivity contribution < 1.29 is 22.6 Å². The molecule has 144 valence electrons. The maximum atomic E-state index is 13.7. The van der Waals surface area contributed by atoms with Crippen molar-refractivity contribution in [1.82, 2.24) is 4.98 Å². The summed E-state index contributed by atoms with van der Waals surface area (Å²) in [5.41, 5.74) is 5.21. The molecule has 0 aliphatic rings. The summed E-state index contributed by atoms with van der Waals surface area (Å²) < 4.78 is 52.5. The topological polar surface area (TPSA) is 57.4 Å². The first-order valence-electron chi connectivity index (χ1n) is 8.42. The first-order chi connectivity index (χ1) is 12.1. The van der Waals surface area contributed by atoms with Crippen molar-refractivity contribution in [3.05, 3.63) is 28.2 Å². The second-order valence-electron chi connectivity index (χ2n) is 6.24. The van der Waals surface area contributed by atoms with Crippen molar-refractivity contribution in [2.24, 2.45) is 5.73 Å². The zero-order valence-electron chi connectivity index (χ0n) is 14.9. The molecule has 0 amide bonds. The fourth-order valence-electron chi connectivity index (χ4n) is 2.50. The number of benzene rings is 1. The standard InChI is InChI=1S/C18H22BrF3N2O2/c1-4-5-6-14(23)26-17-12(19)7-8-13-16(17)11(18(20,21)22)9-15(24-13)25-10(2)3/h7-10,14H,4-6,23H2,1-3H3. The third-order valence-electron chi connectivity index (χ3n) is 3.63. The van der Waals surface area contributed by atoms with Crippen molar-refractivity contribution in [3.63, 3.8) is 0 Å². The minimum atomic E-state index is -4.59. The SMILES string of the molecule is CCCCC(N)Oc1c(Br)ccc2nc(OC(C)C)cc(C(F)(F)F)c12. The lowest BCUT2D eigenvalue weighted by molar-refractivity contribution is -0.136. The Hall–Kier alpha value is -1.54. The van der Waals surface area contributed by atoms with Crippen LogP contribution < -0.4 is 15.2 Å². The third-order valence-corrected chi connectivity index (χ3v) is 4.25. The van der Waals surface area contributed by atoms with Crippen molar-refractivity contribution in [2.45, 2.75) is 58.5 Å². The molecule has 0 aliphatic carbocycles. The molecule has 1 aromatic heterocycles. The Labute approximate surface area is 159 Å². The number of hydrogen-bond donors (Lipinski definition) is 1. The largest absolute Gasteiger partial charge is 0.475 e. The van der Waals surface area contributed by atoms with E-state index < -0.39 is 18.0 Å². The molecule has 0 spiro atoms. The van der Waals surface area contributed by atoms with E-state index in [1.807, 2.05) is 6.92 Å². The Morgan fingerprint density at radius 2 is 1.92 bits per heavy atom. The number of ether oxygens (including phenoxy) is 2. The third kappa shape index (κ3) is 5.01. The van der Waals surface area contributed by atoms with Crippen LogP contribution in [0.5, 0.6) is 11.6 Å². The monoisotopic (exact) mass is 434 g/mol. The van der Waals surface area contributed by atoms with Crippen molar-refractivity contribution in [3.8, 4) is 11.6 Å². The van der Waals surface area contributed by atoms with Crippen LogP contribution in [0.25, 0.3) is 10.9 Å². The molecule has 1 unspecified atom stereocenters. The van der Waals surface area contributed by atoms with Crippen LogP contribution in [-0.2, 0) is 6.18 Å². The van der Waals surface area contributed by atoms with Gasteiger partial charge in [0.2, 0.25) is 5.88 Å². The highest BCUT2D eigenvalue weighted by Crippen LogP contribution is 2.43. The normalized spacial score (nSPS) is 13.3. The highest BCUT2D eigenvalue weighted by atomic mass is 79.9. The average Bonchev–Trinajstić information content (AvgIpc) is 2.53. The smallest absolute Gasteiger partial charge is 0.417 e. The molecule has 2 N–H and O–H groups in total. The molecule has 1 heterocycles. The second-order valence-corrected chi connectivity index (χ2v) is 7.10. The van der Waals surface area contributed by atoms with Crippen LogP contribution in [0.1, 0.15) is 45.6 Å². The van der Waals surface area contributed by atoms with Crippen LogP contribution in [0.4, 0.5) is 13.2 Å². The van der Waals surface area contributed by atoms with Gasteiger partial charge in [0.25, 0.3) is 0 Å². The lowest BCUT2D eigenvalue weighted by atomic mass is 10.1. The molecular formula is C18H22BrF3N2O2. The zero-order chi connectivity index (χ0) is 19.5. The van der Waals surface area contributed by atoms with Gasteiger partial charge in [-0.25, -0.2) is 4.98 Å². The van der Waals surface area contributed by atoms with E-state index in [1.165, 1.54) is 6.07 Å². The maximum Gasteiger partial charge on any atom is 0.417 e. The number of rotatable bonds is 7. The first kappa shape index (κ1) is 20.8. The molecule has 1 atom stereocenters. The summed E-state index contributed by atoms with van der Waals surface area (Å²) in [7, 11) is 0. The molecule has 0 radical (unpaired) electrons. The molecule has 26 heavy (non-hydrogen) atoms. The Kier molecular flexibility index (Phi) is 6.74. The van der Waals surface area contributed by atoms with Crippen LogP contribution in [-0.4, -0.2) is 17.3 Å². The van der Waals surface area contributed by atoms with Gasteiger partial charge < -0.3 is 9.47 Å². The van der Waals surface area contributed by atoms with Crippen molar-refractivity contribution in [2.75, 3.05) is 0 Å². The molecule has 0 bridgehead atoms. The Morgan fingerprint density at radius 1 is 1.23 bits per heavy atom. The fraction of sp³-hybridized carbons (Fsp3) is 0.500. The molecule has 4 nitrogen and oxygen atoms in total. The number of pyridine rings is 1.